The van der Waals surface area contributed by atoms with Crippen LogP contribution in [0.25, 0.3) is 0 Å². The Bertz CT molecular complexity index is 730. The van der Waals surface area contributed by atoms with E-state index >= 15 is 0 Å². The smallest absolute Gasteiger partial charge is 0.305 e. The molecule has 1 aliphatic rings. The zero-order valence-electron chi connectivity index (χ0n) is 15.4. The van der Waals surface area contributed by atoms with Crippen LogP contribution in [-0.4, -0.2) is 66.2 Å². The molecule has 146 valence electrons. The Balaban J connectivity index is 1.87. The lowest BCUT2D eigenvalue weighted by Crippen LogP contribution is -2.43. The van der Waals surface area contributed by atoms with Gasteiger partial charge in [-0.05, 0) is 19.7 Å². The van der Waals surface area contributed by atoms with Gasteiger partial charge in [0.15, 0.2) is 0 Å². The van der Waals surface area contributed by atoms with Gasteiger partial charge in [-0.15, -0.1) is 0 Å². The minimum Gasteiger partial charge on any atom is -0.481 e. The van der Waals surface area contributed by atoms with Gasteiger partial charge < -0.3 is 25.9 Å². The normalized spacial score (nSPS) is 17.1. The zero-order chi connectivity index (χ0) is 20.0. The monoisotopic (exact) mass is 375 g/mol. The van der Waals surface area contributed by atoms with Crippen molar-refractivity contribution in [1.29, 1.82) is 5.41 Å². The lowest BCUT2D eigenvalue weighted by Gasteiger charge is -2.21. The fourth-order valence-corrected chi connectivity index (χ4v) is 2.86. The highest BCUT2D eigenvalue weighted by Gasteiger charge is 2.26. The summed E-state index contributed by atoms with van der Waals surface area (Å²) < 4.78 is 0. The fourth-order valence-electron chi connectivity index (χ4n) is 2.86. The first-order chi connectivity index (χ1) is 12.7. The number of likely N-dealkylation sites (N-methyl/N-ethyl adjacent to an activating group) is 1. The molecule has 0 bridgehead atoms. The fraction of sp³-hybridized carbons (Fsp3) is 0.444. The minimum atomic E-state index is -0.959. The van der Waals surface area contributed by atoms with E-state index in [0.717, 1.165) is 11.3 Å². The molecule has 9 heteroatoms. The average molecular weight is 375 g/mol. The van der Waals surface area contributed by atoms with Crippen LogP contribution in [0.4, 0.5) is 0 Å². The van der Waals surface area contributed by atoms with Gasteiger partial charge in [-0.25, -0.2) is 0 Å². The number of amidine groups is 1. The number of amides is 1. The van der Waals surface area contributed by atoms with Crippen molar-refractivity contribution in [2.75, 3.05) is 20.6 Å². The summed E-state index contributed by atoms with van der Waals surface area (Å²) in [7, 11) is 3.64. The molecule has 1 aromatic carbocycles. The van der Waals surface area contributed by atoms with Crippen molar-refractivity contribution in [2.45, 2.75) is 31.4 Å². The van der Waals surface area contributed by atoms with Crippen LogP contribution in [0, 0.1) is 5.41 Å². The van der Waals surface area contributed by atoms with E-state index in [1.165, 1.54) is 0 Å². The Morgan fingerprint density at radius 1 is 1.41 bits per heavy atom. The molecule has 1 aromatic rings. The molecule has 5 N–H and O–H groups in total. The summed E-state index contributed by atoms with van der Waals surface area (Å²) in [5.41, 5.74) is 7.63. The van der Waals surface area contributed by atoms with Crippen LogP contribution < -0.4 is 11.1 Å². The number of nitrogens with zero attached hydrogens (tertiary/aromatic N) is 2. The predicted molar refractivity (Wildman–Crippen MR) is 101 cm³/mol. The van der Waals surface area contributed by atoms with Crippen molar-refractivity contribution in [3.63, 3.8) is 0 Å². The van der Waals surface area contributed by atoms with Crippen molar-refractivity contribution in [2.24, 2.45) is 10.9 Å². The van der Waals surface area contributed by atoms with Gasteiger partial charge in [-0.3, -0.25) is 15.0 Å². The number of aliphatic carboxylic acids is 1. The average Bonchev–Trinajstić information content (AvgIpc) is 3.01. The van der Waals surface area contributed by atoms with Gasteiger partial charge in [0, 0.05) is 18.5 Å². The van der Waals surface area contributed by atoms with Crippen LogP contribution in [0.3, 0.4) is 0 Å². The van der Waals surface area contributed by atoms with Crippen molar-refractivity contribution >= 4 is 23.4 Å². The number of nitrogen functional groups attached to an aromatic ring is 1. The molecule has 27 heavy (non-hydrogen) atoms. The molecular formula is C18H25N5O4. The second-order valence-electron chi connectivity index (χ2n) is 6.79. The lowest BCUT2D eigenvalue weighted by molar-refractivity contribution is -0.137. The van der Waals surface area contributed by atoms with Gasteiger partial charge in [0.2, 0.25) is 5.91 Å². The second-order valence-corrected chi connectivity index (χ2v) is 6.79. The molecule has 0 spiro atoms. The van der Waals surface area contributed by atoms with Crippen LogP contribution in [0.15, 0.2) is 29.4 Å². The first kappa shape index (κ1) is 20.4. The molecule has 0 saturated heterocycles. The Hall–Kier alpha value is -2.94. The highest BCUT2D eigenvalue weighted by Crippen LogP contribution is 2.19. The van der Waals surface area contributed by atoms with Crippen LogP contribution >= 0.6 is 0 Å². The highest BCUT2D eigenvalue weighted by atomic mass is 16.6. The molecule has 0 aliphatic carbocycles. The molecule has 0 aromatic heterocycles. The zero-order valence-corrected chi connectivity index (χ0v) is 15.4. The number of carbonyl (C=O) groups is 2. The van der Waals surface area contributed by atoms with Gasteiger partial charge in [0.1, 0.15) is 11.9 Å². The van der Waals surface area contributed by atoms with Crippen LogP contribution in [0.5, 0.6) is 0 Å². The largest absolute Gasteiger partial charge is 0.481 e. The topological polar surface area (TPSA) is 141 Å². The Kier molecular flexibility index (Phi) is 6.89. The summed E-state index contributed by atoms with van der Waals surface area (Å²) in [6.45, 7) is 0.438. The van der Waals surface area contributed by atoms with Crippen LogP contribution in [0.1, 0.15) is 30.4 Å². The molecule has 0 saturated carbocycles. The molecule has 1 aliphatic heterocycles. The number of carboxylic acids is 1. The Morgan fingerprint density at radius 2 is 2.07 bits per heavy atom. The summed E-state index contributed by atoms with van der Waals surface area (Å²) in [6.07, 6.45) is 0.0450. The predicted octanol–water partition coefficient (Wildman–Crippen LogP) is 0.375. The van der Waals surface area contributed by atoms with Gasteiger partial charge in [-0.1, -0.05) is 29.4 Å². The third-order valence-corrected chi connectivity index (χ3v) is 4.05. The van der Waals surface area contributed by atoms with Crippen molar-refractivity contribution in [3.8, 4) is 0 Å². The first-order valence-electron chi connectivity index (χ1n) is 8.58. The van der Waals surface area contributed by atoms with E-state index < -0.39 is 18.1 Å². The first-order valence-corrected chi connectivity index (χ1v) is 8.58. The summed E-state index contributed by atoms with van der Waals surface area (Å²) in [5.74, 6) is -1.23. The Morgan fingerprint density at radius 3 is 2.63 bits per heavy atom. The van der Waals surface area contributed by atoms with Gasteiger partial charge in [0.05, 0.1) is 24.6 Å². The second kappa shape index (κ2) is 9.13. The van der Waals surface area contributed by atoms with E-state index in [2.05, 4.69) is 10.5 Å². The van der Waals surface area contributed by atoms with Crippen LogP contribution in [0.2, 0.25) is 0 Å². The Labute approximate surface area is 157 Å². The third kappa shape index (κ3) is 6.37. The maximum atomic E-state index is 12.2. The quantitative estimate of drug-likeness (QED) is 0.363. The molecule has 0 fully saturated rings. The number of rotatable bonds is 9. The molecule has 9 nitrogen and oxygen atoms in total. The standard InChI is InChI=1S/C18H25N5O4/c1-23(2)10-13(7-17(25)26)21-16(24)9-14-8-15(22-27-14)11-3-5-12(6-4-11)18(19)20/h3-6,13-14H,7-10H2,1-2H3,(H3,19,20)(H,21,24)(H,25,26)/t13-,14-/m0/s1. The lowest BCUT2D eigenvalue weighted by atomic mass is 10.0. The summed E-state index contributed by atoms with van der Waals surface area (Å²) in [6, 6.07) is 6.62. The SMILES string of the molecule is CN(C)C[C@H](CC(=O)O)NC(=O)C[C@@H]1CC(c2ccc(C(=N)N)cc2)=NO1. The number of hydrogen-bond donors (Lipinski definition) is 4. The summed E-state index contributed by atoms with van der Waals surface area (Å²) in [4.78, 5) is 30.4. The maximum Gasteiger partial charge on any atom is 0.305 e. The van der Waals surface area contributed by atoms with Gasteiger partial charge in [0.25, 0.3) is 0 Å². The van der Waals surface area contributed by atoms with Gasteiger partial charge >= 0.3 is 5.97 Å². The summed E-state index contributed by atoms with van der Waals surface area (Å²) in [5, 5.41) is 23.2. The van der Waals surface area contributed by atoms with Crippen molar-refractivity contribution in [1.82, 2.24) is 10.2 Å². The number of benzene rings is 1. The number of nitrogens with one attached hydrogen (secondary N) is 2. The molecule has 0 radical (unpaired) electrons. The van der Waals surface area contributed by atoms with E-state index in [4.69, 9.17) is 21.1 Å². The number of carboxylic acid groups (broad SMARTS) is 1. The van der Waals surface area contributed by atoms with E-state index in [9.17, 15) is 9.59 Å². The molecule has 2 atom stereocenters. The number of hydrogen-bond acceptors (Lipinski definition) is 6. The molecule has 1 heterocycles. The minimum absolute atomic E-state index is 0.00523. The van der Waals surface area contributed by atoms with Crippen LogP contribution in [-0.2, 0) is 14.4 Å². The number of oxime groups is 1. The molecular weight excluding hydrogens is 350 g/mol. The van der Waals surface area contributed by atoms with E-state index in [0.29, 0.717) is 18.5 Å². The van der Waals surface area contributed by atoms with E-state index in [-0.39, 0.29) is 24.6 Å². The maximum absolute atomic E-state index is 12.2. The van der Waals surface area contributed by atoms with Crippen molar-refractivity contribution < 1.29 is 19.5 Å². The highest BCUT2D eigenvalue weighted by molar-refractivity contribution is 6.02. The van der Waals surface area contributed by atoms with Crippen molar-refractivity contribution in [3.05, 3.63) is 35.4 Å². The molecule has 2 rings (SSSR count). The number of nitrogens with two attached hydrogens (primary N) is 1. The number of carbonyl (C=O) groups excluding carboxylic acids is 1. The summed E-state index contributed by atoms with van der Waals surface area (Å²) >= 11 is 0. The van der Waals surface area contributed by atoms with E-state index in [1.54, 1.807) is 24.3 Å². The van der Waals surface area contributed by atoms with E-state index in [1.807, 2.05) is 19.0 Å². The molecule has 0 unspecified atom stereocenters. The van der Waals surface area contributed by atoms with Gasteiger partial charge in [-0.2, -0.15) is 0 Å². The molecule has 1 amide bonds. The third-order valence-electron chi connectivity index (χ3n) is 4.05.